The number of sulfone groups is 1. The molecular weight excluding hydrogens is 292 g/mol. The minimum Gasteiger partial charge on any atom is -0.295 e. The van der Waals surface area contributed by atoms with E-state index in [1.807, 2.05) is 12.1 Å². The Kier molecular flexibility index (Phi) is 3.84. The molecule has 1 heterocycles. The van der Waals surface area contributed by atoms with Crippen molar-refractivity contribution in [1.82, 2.24) is 0 Å². The first kappa shape index (κ1) is 13.6. The number of Topliss-reactive ketones (excluding diaryl/α,β-unsaturated/α-hetero) is 1. The topological polar surface area (TPSA) is 51.2 Å². The lowest BCUT2D eigenvalue weighted by Crippen LogP contribution is -2.06. The van der Waals surface area contributed by atoms with Gasteiger partial charge >= 0.3 is 0 Å². The van der Waals surface area contributed by atoms with Crippen molar-refractivity contribution >= 4 is 39.0 Å². The second kappa shape index (κ2) is 5.07. The van der Waals surface area contributed by atoms with Crippen LogP contribution in [0.5, 0.6) is 0 Å². The first-order valence-electron chi connectivity index (χ1n) is 5.24. The van der Waals surface area contributed by atoms with E-state index < -0.39 is 9.84 Å². The van der Waals surface area contributed by atoms with E-state index in [1.165, 1.54) is 18.7 Å². The van der Waals surface area contributed by atoms with E-state index in [9.17, 15) is 13.2 Å². The molecule has 0 aromatic heterocycles. The van der Waals surface area contributed by atoms with Gasteiger partial charge < -0.3 is 0 Å². The molecule has 96 valence electrons. The second-order valence-electron chi connectivity index (χ2n) is 4.05. The van der Waals surface area contributed by atoms with Gasteiger partial charge in [-0.05, 0) is 31.2 Å². The molecule has 0 unspecified atom stereocenters. The summed E-state index contributed by atoms with van der Waals surface area (Å²) in [5.74, 6) is -0.361. The zero-order chi connectivity index (χ0) is 13.3. The Morgan fingerprint density at radius 3 is 2.39 bits per heavy atom. The minimum atomic E-state index is -3.16. The van der Waals surface area contributed by atoms with E-state index in [-0.39, 0.29) is 17.3 Å². The van der Waals surface area contributed by atoms with Gasteiger partial charge in [0.15, 0.2) is 15.6 Å². The summed E-state index contributed by atoms with van der Waals surface area (Å²) in [6, 6.07) is 7.09. The molecule has 1 aromatic rings. The van der Waals surface area contributed by atoms with Gasteiger partial charge in [0.1, 0.15) is 0 Å². The summed E-state index contributed by atoms with van der Waals surface area (Å²) in [5.41, 5.74) is 0.412. The molecule has 1 aliphatic heterocycles. The third-order valence-corrected chi connectivity index (χ3v) is 5.57. The molecule has 2 rings (SSSR count). The van der Waals surface area contributed by atoms with Gasteiger partial charge in [0, 0.05) is 20.4 Å². The first-order valence-corrected chi connectivity index (χ1v) is 8.26. The van der Waals surface area contributed by atoms with Gasteiger partial charge in [-0.2, -0.15) is 0 Å². The average molecular weight is 303 g/mol. The predicted octanol–water partition coefficient (Wildman–Crippen LogP) is 2.70. The standard InChI is InChI=1S/C12H11ClO3S2/c1-8(14)11-6-18(15,16)7-12(11)17-10-4-2-9(13)3-5-10/h2-5H,6-7H2,1H3. The van der Waals surface area contributed by atoms with Crippen LogP contribution >= 0.6 is 23.4 Å². The number of halogens is 1. The van der Waals surface area contributed by atoms with Crippen molar-refractivity contribution in [1.29, 1.82) is 0 Å². The van der Waals surface area contributed by atoms with Crippen molar-refractivity contribution in [2.45, 2.75) is 11.8 Å². The molecule has 0 aliphatic carbocycles. The Morgan fingerprint density at radius 2 is 1.83 bits per heavy atom. The number of hydrogen-bond acceptors (Lipinski definition) is 4. The number of carbonyl (C=O) groups excluding carboxylic acids is 1. The lowest BCUT2D eigenvalue weighted by molar-refractivity contribution is -0.113. The lowest BCUT2D eigenvalue weighted by Gasteiger charge is -2.03. The SMILES string of the molecule is CC(=O)C1=C(Sc2ccc(Cl)cc2)CS(=O)(=O)C1. The van der Waals surface area contributed by atoms with Crippen LogP contribution in [0, 0.1) is 0 Å². The maximum Gasteiger partial charge on any atom is 0.159 e. The van der Waals surface area contributed by atoms with Crippen molar-refractivity contribution in [2.24, 2.45) is 0 Å². The molecule has 0 amide bonds. The Morgan fingerprint density at radius 1 is 1.22 bits per heavy atom. The van der Waals surface area contributed by atoms with Gasteiger partial charge in [0.05, 0.1) is 11.5 Å². The summed E-state index contributed by atoms with van der Waals surface area (Å²) in [4.78, 5) is 12.9. The maximum absolute atomic E-state index is 11.6. The fourth-order valence-electron chi connectivity index (χ4n) is 1.67. The largest absolute Gasteiger partial charge is 0.295 e. The maximum atomic E-state index is 11.6. The van der Waals surface area contributed by atoms with Crippen LogP contribution < -0.4 is 0 Å². The van der Waals surface area contributed by atoms with E-state index in [0.29, 0.717) is 15.5 Å². The van der Waals surface area contributed by atoms with Gasteiger partial charge in [-0.15, -0.1) is 0 Å². The van der Waals surface area contributed by atoms with E-state index >= 15 is 0 Å². The fraction of sp³-hybridized carbons (Fsp3) is 0.250. The van der Waals surface area contributed by atoms with Crippen molar-refractivity contribution in [3.63, 3.8) is 0 Å². The normalized spacial score (nSPS) is 18.1. The quantitative estimate of drug-likeness (QED) is 0.861. The Bertz CT molecular complexity index is 615. The molecule has 1 aliphatic rings. The summed E-state index contributed by atoms with van der Waals surface area (Å²) >= 11 is 7.10. The highest BCUT2D eigenvalue weighted by atomic mass is 35.5. The van der Waals surface area contributed by atoms with Crippen LogP contribution in [-0.2, 0) is 14.6 Å². The van der Waals surface area contributed by atoms with Gasteiger partial charge in [-0.25, -0.2) is 8.42 Å². The first-order chi connectivity index (χ1) is 8.37. The van der Waals surface area contributed by atoms with E-state index in [2.05, 4.69) is 0 Å². The third-order valence-electron chi connectivity index (χ3n) is 2.53. The molecule has 0 bridgehead atoms. The Hall–Kier alpha value is -0.780. The van der Waals surface area contributed by atoms with E-state index in [4.69, 9.17) is 11.6 Å². The highest BCUT2D eigenvalue weighted by molar-refractivity contribution is 8.05. The number of rotatable bonds is 3. The number of carbonyl (C=O) groups is 1. The molecule has 0 N–H and O–H groups in total. The smallest absolute Gasteiger partial charge is 0.159 e. The fourth-order valence-corrected chi connectivity index (χ4v) is 5.05. The monoisotopic (exact) mass is 302 g/mol. The minimum absolute atomic E-state index is 0.0464. The summed E-state index contributed by atoms with van der Waals surface area (Å²) in [6.45, 7) is 1.40. The van der Waals surface area contributed by atoms with Crippen molar-refractivity contribution in [3.8, 4) is 0 Å². The van der Waals surface area contributed by atoms with Gasteiger partial charge in [0.2, 0.25) is 0 Å². The van der Waals surface area contributed by atoms with Crippen LogP contribution in [0.15, 0.2) is 39.6 Å². The number of ketones is 1. The van der Waals surface area contributed by atoms with Crippen LogP contribution in [0.3, 0.4) is 0 Å². The molecule has 0 fully saturated rings. The van der Waals surface area contributed by atoms with Crippen LogP contribution in [0.4, 0.5) is 0 Å². The van der Waals surface area contributed by atoms with Crippen molar-refractivity contribution in [3.05, 3.63) is 39.8 Å². The Balaban J connectivity index is 2.28. The van der Waals surface area contributed by atoms with Crippen molar-refractivity contribution in [2.75, 3.05) is 11.5 Å². The number of thioether (sulfide) groups is 1. The molecule has 0 atom stereocenters. The van der Waals surface area contributed by atoms with Crippen molar-refractivity contribution < 1.29 is 13.2 Å². The van der Waals surface area contributed by atoms with Crippen LogP contribution in [-0.4, -0.2) is 25.7 Å². The average Bonchev–Trinajstić information content (AvgIpc) is 2.57. The highest BCUT2D eigenvalue weighted by Crippen LogP contribution is 2.35. The molecule has 6 heteroatoms. The van der Waals surface area contributed by atoms with Gasteiger partial charge in [0.25, 0.3) is 0 Å². The van der Waals surface area contributed by atoms with Crippen LogP contribution in [0.2, 0.25) is 5.02 Å². The summed E-state index contributed by atoms with van der Waals surface area (Å²) in [7, 11) is -3.16. The zero-order valence-electron chi connectivity index (χ0n) is 9.64. The van der Waals surface area contributed by atoms with E-state index in [1.54, 1.807) is 12.1 Å². The number of benzene rings is 1. The summed E-state index contributed by atoms with van der Waals surface area (Å²) in [5, 5.41) is 0.624. The van der Waals surface area contributed by atoms with Crippen LogP contribution in [0.25, 0.3) is 0 Å². The zero-order valence-corrected chi connectivity index (χ0v) is 12.0. The Labute approximate surface area is 115 Å². The molecule has 18 heavy (non-hydrogen) atoms. The molecule has 0 saturated heterocycles. The molecular formula is C12H11ClO3S2. The highest BCUT2D eigenvalue weighted by Gasteiger charge is 2.30. The van der Waals surface area contributed by atoms with E-state index in [0.717, 1.165) is 4.90 Å². The number of hydrogen-bond donors (Lipinski definition) is 0. The molecule has 0 saturated carbocycles. The summed E-state index contributed by atoms with van der Waals surface area (Å²) < 4.78 is 23.1. The summed E-state index contributed by atoms with van der Waals surface area (Å²) in [6.07, 6.45) is 0. The molecule has 0 radical (unpaired) electrons. The molecule has 0 spiro atoms. The van der Waals surface area contributed by atoms with Crippen LogP contribution in [0.1, 0.15) is 6.92 Å². The third kappa shape index (κ3) is 3.16. The molecule has 1 aromatic carbocycles. The second-order valence-corrected chi connectivity index (χ2v) is 7.72. The lowest BCUT2D eigenvalue weighted by atomic mass is 10.2. The molecule has 3 nitrogen and oxygen atoms in total. The van der Waals surface area contributed by atoms with Gasteiger partial charge in [-0.1, -0.05) is 23.4 Å². The predicted molar refractivity (Wildman–Crippen MR) is 73.7 cm³/mol. The van der Waals surface area contributed by atoms with Gasteiger partial charge in [-0.3, -0.25) is 4.79 Å².